The summed E-state index contributed by atoms with van der Waals surface area (Å²) in [4.78, 5) is 6.85. The molecule has 0 aromatic heterocycles. The Morgan fingerprint density at radius 2 is 2.05 bits per heavy atom. The molecule has 2 rings (SSSR count). The van der Waals surface area contributed by atoms with Crippen LogP contribution < -0.4 is 10.6 Å². The molecule has 1 aromatic carbocycles. The monoisotopic (exact) mass is 288 g/mol. The maximum Gasteiger partial charge on any atom is 0.191 e. The van der Waals surface area contributed by atoms with Gasteiger partial charge in [-0.1, -0.05) is 36.8 Å². The summed E-state index contributed by atoms with van der Waals surface area (Å²) < 4.78 is 0. The molecule has 21 heavy (non-hydrogen) atoms. The summed E-state index contributed by atoms with van der Waals surface area (Å²) in [6, 6.07) is 9.25. The van der Waals surface area contributed by atoms with Crippen molar-refractivity contribution < 1.29 is 0 Å². The van der Waals surface area contributed by atoms with Gasteiger partial charge in [0.1, 0.15) is 0 Å². The van der Waals surface area contributed by atoms with E-state index in [9.17, 15) is 0 Å². The van der Waals surface area contributed by atoms with Crippen molar-refractivity contribution in [2.75, 3.05) is 26.7 Å². The first-order valence-electron chi connectivity index (χ1n) is 7.97. The van der Waals surface area contributed by atoms with Crippen LogP contribution in [0.4, 0.5) is 0 Å². The van der Waals surface area contributed by atoms with Gasteiger partial charge in [0.25, 0.3) is 0 Å². The van der Waals surface area contributed by atoms with Gasteiger partial charge in [0.05, 0.1) is 0 Å². The van der Waals surface area contributed by atoms with Crippen LogP contribution in [0.2, 0.25) is 0 Å². The van der Waals surface area contributed by atoms with Crippen LogP contribution >= 0.6 is 0 Å². The summed E-state index contributed by atoms with van der Waals surface area (Å²) in [6.45, 7) is 8.51. The number of hydrogen-bond donors (Lipinski definition) is 2. The molecule has 116 valence electrons. The van der Waals surface area contributed by atoms with E-state index in [1.807, 2.05) is 7.05 Å². The molecule has 0 bridgehead atoms. The Balaban J connectivity index is 1.77. The van der Waals surface area contributed by atoms with Gasteiger partial charge in [-0.3, -0.25) is 9.89 Å². The Hall–Kier alpha value is -1.55. The van der Waals surface area contributed by atoms with Crippen LogP contribution in [-0.4, -0.2) is 43.6 Å². The van der Waals surface area contributed by atoms with Gasteiger partial charge in [-0.25, -0.2) is 0 Å². The van der Waals surface area contributed by atoms with Crippen LogP contribution in [0.25, 0.3) is 0 Å². The van der Waals surface area contributed by atoms with E-state index in [2.05, 4.69) is 58.6 Å². The van der Waals surface area contributed by atoms with E-state index in [1.54, 1.807) is 0 Å². The zero-order valence-corrected chi connectivity index (χ0v) is 13.5. The summed E-state index contributed by atoms with van der Waals surface area (Å²) in [5.74, 6) is 0.888. The smallest absolute Gasteiger partial charge is 0.191 e. The molecule has 4 heteroatoms. The fraction of sp³-hybridized carbons (Fsp3) is 0.588. The lowest BCUT2D eigenvalue weighted by Crippen LogP contribution is -2.44. The molecule has 1 aliphatic rings. The third kappa shape index (κ3) is 4.74. The largest absolute Gasteiger partial charge is 0.355 e. The van der Waals surface area contributed by atoms with E-state index in [0.29, 0.717) is 6.04 Å². The lowest BCUT2D eigenvalue weighted by Gasteiger charge is -2.24. The summed E-state index contributed by atoms with van der Waals surface area (Å²) in [5, 5.41) is 6.84. The molecule has 1 aromatic rings. The number of hydrogen-bond acceptors (Lipinski definition) is 2. The van der Waals surface area contributed by atoms with Gasteiger partial charge in [-0.15, -0.1) is 0 Å². The van der Waals surface area contributed by atoms with Gasteiger partial charge in [0.2, 0.25) is 0 Å². The summed E-state index contributed by atoms with van der Waals surface area (Å²) >= 11 is 0. The maximum absolute atomic E-state index is 4.31. The molecule has 0 radical (unpaired) electrons. The second-order valence-electron chi connectivity index (χ2n) is 5.72. The molecular weight excluding hydrogens is 260 g/mol. The Kier molecular flexibility index (Phi) is 6.05. The number of likely N-dealkylation sites (tertiary alicyclic amines) is 1. The number of benzene rings is 1. The lowest BCUT2D eigenvalue weighted by atomic mass is 10.1. The Morgan fingerprint density at radius 3 is 2.71 bits per heavy atom. The first kappa shape index (κ1) is 15.8. The standard InChI is InChI=1S/C17H28N4/c1-4-21-11-5-6-16(21)13-20-17(18-3)19-12-15-9-7-14(2)8-10-15/h7-10,16H,4-6,11-13H2,1-3H3,(H2,18,19,20). The maximum atomic E-state index is 4.31. The van der Waals surface area contributed by atoms with E-state index < -0.39 is 0 Å². The molecule has 0 saturated carbocycles. The van der Waals surface area contributed by atoms with Gasteiger partial charge in [0, 0.05) is 26.2 Å². The van der Waals surface area contributed by atoms with Gasteiger partial charge in [-0.05, 0) is 38.4 Å². The topological polar surface area (TPSA) is 39.7 Å². The molecule has 4 nitrogen and oxygen atoms in total. The van der Waals surface area contributed by atoms with Crippen LogP contribution in [0.5, 0.6) is 0 Å². The lowest BCUT2D eigenvalue weighted by molar-refractivity contribution is 0.267. The van der Waals surface area contributed by atoms with Crippen LogP contribution in [0, 0.1) is 6.92 Å². The quantitative estimate of drug-likeness (QED) is 0.644. The van der Waals surface area contributed by atoms with Crippen molar-refractivity contribution in [3.8, 4) is 0 Å². The fourth-order valence-corrected chi connectivity index (χ4v) is 2.87. The normalized spacial score (nSPS) is 19.8. The SMILES string of the molecule is CCN1CCCC1CNC(=NC)NCc1ccc(C)cc1. The van der Waals surface area contributed by atoms with E-state index >= 15 is 0 Å². The Labute approximate surface area is 128 Å². The molecule has 1 fully saturated rings. The molecular formula is C17H28N4. The third-order valence-electron chi connectivity index (χ3n) is 4.21. The molecule has 1 aliphatic heterocycles. The molecule has 0 amide bonds. The minimum absolute atomic E-state index is 0.646. The number of aliphatic imine (C=N–C) groups is 1. The second-order valence-corrected chi connectivity index (χ2v) is 5.72. The number of nitrogens with one attached hydrogen (secondary N) is 2. The van der Waals surface area contributed by atoms with Crippen molar-refractivity contribution in [3.05, 3.63) is 35.4 Å². The van der Waals surface area contributed by atoms with Crippen molar-refractivity contribution in [1.82, 2.24) is 15.5 Å². The van der Waals surface area contributed by atoms with Crippen molar-refractivity contribution >= 4 is 5.96 Å². The highest BCUT2D eigenvalue weighted by atomic mass is 15.2. The number of aryl methyl sites for hydroxylation is 1. The predicted octanol–water partition coefficient (Wildman–Crippen LogP) is 2.14. The summed E-state index contributed by atoms with van der Waals surface area (Å²) in [6.07, 6.45) is 2.60. The van der Waals surface area contributed by atoms with Crippen molar-refractivity contribution in [1.29, 1.82) is 0 Å². The van der Waals surface area contributed by atoms with Crippen molar-refractivity contribution in [3.63, 3.8) is 0 Å². The molecule has 0 spiro atoms. The van der Waals surface area contributed by atoms with Crippen LogP contribution in [0.15, 0.2) is 29.3 Å². The summed E-state index contributed by atoms with van der Waals surface area (Å²) in [5.41, 5.74) is 2.57. The Bertz CT molecular complexity index is 452. The molecule has 1 heterocycles. The van der Waals surface area contributed by atoms with E-state index in [0.717, 1.165) is 25.6 Å². The average molecular weight is 288 g/mol. The zero-order valence-electron chi connectivity index (χ0n) is 13.5. The van der Waals surface area contributed by atoms with Crippen molar-refractivity contribution in [2.24, 2.45) is 4.99 Å². The van der Waals surface area contributed by atoms with Gasteiger partial charge < -0.3 is 10.6 Å². The van der Waals surface area contributed by atoms with E-state index in [1.165, 1.54) is 30.5 Å². The average Bonchev–Trinajstić information content (AvgIpc) is 2.96. The zero-order chi connectivity index (χ0) is 15.1. The first-order chi connectivity index (χ1) is 10.2. The van der Waals surface area contributed by atoms with Gasteiger partial charge in [-0.2, -0.15) is 0 Å². The second kappa shape index (κ2) is 8.03. The minimum Gasteiger partial charge on any atom is -0.355 e. The molecule has 1 saturated heterocycles. The first-order valence-corrected chi connectivity index (χ1v) is 7.97. The number of nitrogens with zero attached hydrogens (tertiary/aromatic N) is 2. The molecule has 1 unspecified atom stereocenters. The number of likely N-dealkylation sites (N-methyl/N-ethyl adjacent to an activating group) is 1. The molecule has 0 aliphatic carbocycles. The van der Waals surface area contributed by atoms with Gasteiger partial charge in [0.15, 0.2) is 5.96 Å². The van der Waals surface area contributed by atoms with Gasteiger partial charge >= 0.3 is 0 Å². The molecule has 2 N–H and O–H groups in total. The molecule has 1 atom stereocenters. The van der Waals surface area contributed by atoms with Crippen LogP contribution in [0.3, 0.4) is 0 Å². The number of guanidine groups is 1. The highest BCUT2D eigenvalue weighted by Crippen LogP contribution is 2.15. The predicted molar refractivity (Wildman–Crippen MR) is 89.6 cm³/mol. The third-order valence-corrected chi connectivity index (χ3v) is 4.21. The number of rotatable bonds is 5. The van der Waals surface area contributed by atoms with Crippen LogP contribution in [-0.2, 0) is 6.54 Å². The highest BCUT2D eigenvalue weighted by Gasteiger charge is 2.22. The highest BCUT2D eigenvalue weighted by molar-refractivity contribution is 5.79. The van der Waals surface area contributed by atoms with E-state index in [-0.39, 0.29) is 0 Å². The van der Waals surface area contributed by atoms with Crippen LogP contribution in [0.1, 0.15) is 30.9 Å². The summed E-state index contributed by atoms with van der Waals surface area (Å²) in [7, 11) is 1.83. The Morgan fingerprint density at radius 1 is 1.29 bits per heavy atom. The van der Waals surface area contributed by atoms with E-state index in [4.69, 9.17) is 0 Å². The van der Waals surface area contributed by atoms with Crippen molar-refractivity contribution in [2.45, 2.75) is 39.3 Å². The minimum atomic E-state index is 0.646. The fourth-order valence-electron chi connectivity index (χ4n) is 2.87.